The average molecular weight is 366 g/mol. The van der Waals surface area contributed by atoms with Crippen LogP contribution in [0.5, 0.6) is 5.75 Å². The van der Waals surface area contributed by atoms with E-state index in [9.17, 15) is 23.1 Å². The van der Waals surface area contributed by atoms with Crippen LogP contribution in [0.15, 0.2) is 30.3 Å². The second-order valence-corrected chi connectivity index (χ2v) is 5.76. The summed E-state index contributed by atoms with van der Waals surface area (Å²) in [5, 5.41) is 11.0. The maximum atomic E-state index is 13.0. The fourth-order valence-electron chi connectivity index (χ4n) is 3.04. The fourth-order valence-corrected chi connectivity index (χ4v) is 3.04. The first-order valence-electron chi connectivity index (χ1n) is 8.02. The van der Waals surface area contributed by atoms with Crippen molar-refractivity contribution in [1.29, 1.82) is 0 Å². The molecule has 140 valence electrons. The summed E-state index contributed by atoms with van der Waals surface area (Å²) in [7, 11) is 1.45. The number of aliphatic carboxylic acids is 1. The van der Waals surface area contributed by atoms with E-state index in [1.54, 1.807) is 12.1 Å². The molecule has 2 rings (SSSR count). The first-order valence-corrected chi connectivity index (χ1v) is 8.02. The molecular formula is C19H19F3NO3-. The van der Waals surface area contributed by atoms with Crippen molar-refractivity contribution in [3.8, 4) is 16.9 Å². The summed E-state index contributed by atoms with van der Waals surface area (Å²) in [6.45, 7) is 1.74. The van der Waals surface area contributed by atoms with Crippen LogP contribution >= 0.6 is 0 Å². The van der Waals surface area contributed by atoms with Crippen molar-refractivity contribution >= 4 is 5.97 Å². The molecular weight excluding hydrogens is 347 g/mol. The minimum Gasteiger partial charge on any atom is -0.550 e. The number of carboxylic acid groups (broad SMARTS) is 1. The molecule has 2 aromatic rings. The van der Waals surface area contributed by atoms with Crippen molar-refractivity contribution < 1.29 is 27.8 Å². The molecule has 0 fully saturated rings. The maximum absolute atomic E-state index is 13.0. The molecule has 0 aliphatic rings. The summed E-state index contributed by atoms with van der Waals surface area (Å²) >= 11 is 0. The normalized spacial score (nSPS) is 11.5. The molecule has 0 spiro atoms. The van der Waals surface area contributed by atoms with E-state index in [4.69, 9.17) is 10.5 Å². The molecule has 0 aliphatic carbocycles. The van der Waals surface area contributed by atoms with Gasteiger partial charge in [-0.1, -0.05) is 19.1 Å². The Morgan fingerprint density at radius 3 is 2.38 bits per heavy atom. The van der Waals surface area contributed by atoms with Crippen LogP contribution in [0.25, 0.3) is 11.1 Å². The van der Waals surface area contributed by atoms with E-state index < -0.39 is 17.7 Å². The SMILES string of the molecule is CCc1c(CC(=O)[O-])ccc(OC)c1-c1ccc(C(F)(F)F)cc1CN. The Hall–Kier alpha value is -2.54. The van der Waals surface area contributed by atoms with Gasteiger partial charge in [0.1, 0.15) is 5.75 Å². The topological polar surface area (TPSA) is 75.4 Å². The number of benzene rings is 2. The third-order valence-corrected chi connectivity index (χ3v) is 4.20. The average Bonchev–Trinajstić information content (AvgIpc) is 2.59. The number of alkyl halides is 3. The predicted octanol–water partition coefficient (Wildman–Crippen LogP) is 2.69. The largest absolute Gasteiger partial charge is 0.550 e. The molecule has 0 aliphatic heterocycles. The molecule has 0 saturated heterocycles. The van der Waals surface area contributed by atoms with E-state index in [1.165, 1.54) is 13.2 Å². The van der Waals surface area contributed by atoms with Gasteiger partial charge in [-0.15, -0.1) is 0 Å². The lowest BCUT2D eigenvalue weighted by Crippen LogP contribution is -2.25. The predicted molar refractivity (Wildman–Crippen MR) is 89.4 cm³/mol. The van der Waals surface area contributed by atoms with Gasteiger partial charge in [0.15, 0.2) is 0 Å². The van der Waals surface area contributed by atoms with Gasteiger partial charge in [0.25, 0.3) is 0 Å². The number of hydrogen-bond acceptors (Lipinski definition) is 4. The molecule has 0 heterocycles. The second kappa shape index (κ2) is 7.78. The number of rotatable bonds is 6. The van der Waals surface area contributed by atoms with Crippen molar-refractivity contribution in [2.45, 2.75) is 32.5 Å². The molecule has 0 radical (unpaired) electrons. The molecule has 2 N–H and O–H groups in total. The third-order valence-electron chi connectivity index (χ3n) is 4.20. The zero-order chi connectivity index (χ0) is 19.5. The third kappa shape index (κ3) is 3.99. The van der Waals surface area contributed by atoms with E-state index in [2.05, 4.69) is 0 Å². The zero-order valence-corrected chi connectivity index (χ0v) is 14.4. The first-order chi connectivity index (χ1) is 12.2. The van der Waals surface area contributed by atoms with Gasteiger partial charge in [0.05, 0.1) is 12.7 Å². The Labute approximate surface area is 149 Å². The van der Waals surface area contributed by atoms with Crippen molar-refractivity contribution in [2.24, 2.45) is 5.73 Å². The highest BCUT2D eigenvalue weighted by atomic mass is 19.4. The van der Waals surface area contributed by atoms with E-state index in [-0.39, 0.29) is 13.0 Å². The van der Waals surface area contributed by atoms with Crippen molar-refractivity contribution in [1.82, 2.24) is 0 Å². The molecule has 4 nitrogen and oxygen atoms in total. The van der Waals surface area contributed by atoms with Crippen LogP contribution in [-0.2, 0) is 30.4 Å². The van der Waals surface area contributed by atoms with Crippen molar-refractivity contribution in [3.63, 3.8) is 0 Å². The lowest BCUT2D eigenvalue weighted by atomic mass is 9.88. The number of ether oxygens (including phenoxy) is 1. The minimum atomic E-state index is -4.48. The number of carbonyl (C=O) groups is 1. The Morgan fingerprint density at radius 2 is 1.88 bits per heavy atom. The molecule has 7 heteroatoms. The number of halogens is 3. The summed E-state index contributed by atoms with van der Waals surface area (Å²) in [5.41, 5.74) is 7.48. The maximum Gasteiger partial charge on any atom is 0.416 e. The number of hydrogen-bond donors (Lipinski definition) is 1. The quantitative estimate of drug-likeness (QED) is 0.853. The monoisotopic (exact) mass is 366 g/mol. The standard InChI is InChI=1S/C19H20F3NO3/c1-3-14-11(9-17(24)25)4-7-16(26-2)18(14)15-6-5-13(19(20,21)22)8-12(15)10-23/h4-8H,3,9-10,23H2,1-2H3,(H,24,25)/p-1. The molecule has 26 heavy (non-hydrogen) atoms. The van der Waals surface area contributed by atoms with Crippen LogP contribution < -0.4 is 15.6 Å². The summed E-state index contributed by atoms with van der Waals surface area (Å²) in [6, 6.07) is 6.58. The van der Waals surface area contributed by atoms with E-state index >= 15 is 0 Å². The van der Waals surface area contributed by atoms with Gasteiger partial charge >= 0.3 is 6.18 Å². The van der Waals surface area contributed by atoms with E-state index in [1.807, 2.05) is 6.92 Å². The molecule has 2 aromatic carbocycles. The molecule has 0 saturated carbocycles. The first kappa shape index (κ1) is 19.8. The number of carboxylic acids is 1. The van der Waals surface area contributed by atoms with Crippen molar-refractivity contribution in [2.75, 3.05) is 7.11 Å². The summed E-state index contributed by atoms with van der Waals surface area (Å²) < 4.78 is 44.4. The van der Waals surface area contributed by atoms with Crippen LogP contribution in [0, 0.1) is 0 Å². The summed E-state index contributed by atoms with van der Waals surface area (Å²) in [4.78, 5) is 11.0. The Kier molecular flexibility index (Phi) is 5.92. The van der Waals surface area contributed by atoms with Crippen molar-refractivity contribution in [3.05, 3.63) is 52.6 Å². The van der Waals surface area contributed by atoms with Gasteiger partial charge in [0, 0.05) is 24.5 Å². The van der Waals surface area contributed by atoms with Gasteiger partial charge in [0.2, 0.25) is 0 Å². The lowest BCUT2D eigenvalue weighted by Gasteiger charge is -2.20. The highest BCUT2D eigenvalue weighted by molar-refractivity contribution is 5.80. The van der Waals surface area contributed by atoms with Gasteiger partial charge in [-0.05, 0) is 46.9 Å². The van der Waals surface area contributed by atoms with E-state index in [0.29, 0.717) is 40.0 Å². The highest BCUT2D eigenvalue weighted by Gasteiger charge is 2.31. The molecule has 0 unspecified atom stereocenters. The van der Waals surface area contributed by atoms with E-state index in [0.717, 1.165) is 12.1 Å². The van der Waals surface area contributed by atoms with Gasteiger partial charge in [-0.25, -0.2) is 0 Å². The molecule has 0 aromatic heterocycles. The molecule has 0 amide bonds. The molecule has 0 bridgehead atoms. The van der Waals surface area contributed by atoms with Gasteiger partial charge < -0.3 is 20.4 Å². The summed E-state index contributed by atoms with van der Waals surface area (Å²) in [6.07, 6.45) is -4.30. The lowest BCUT2D eigenvalue weighted by molar-refractivity contribution is -0.304. The Bertz CT molecular complexity index is 816. The van der Waals surface area contributed by atoms with Gasteiger partial charge in [-0.3, -0.25) is 0 Å². The zero-order valence-electron chi connectivity index (χ0n) is 14.4. The number of methoxy groups -OCH3 is 1. The summed E-state index contributed by atoms with van der Waals surface area (Å²) in [5.74, 6) is -0.791. The minimum absolute atomic E-state index is 0.101. The van der Waals surface area contributed by atoms with Gasteiger partial charge in [-0.2, -0.15) is 13.2 Å². The van der Waals surface area contributed by atoms with Crippen LogP contribution in [0.4, 0.5) is 13.2 Å². The van der Waals surface area contributed by atoms with Crippen LogP contribution in [0.2, 0.25) is 0 Å². The van der Waals surface area contributed by atoms with Crippen LogP contribution in [0.3, 0.4) is 0 Å². The Balaban J connectivity index is 2.75. The highest BCUT2D eigenvalue weighted by Crippen LogP contribution is 2.40. The van der Waals surface area contributed by atoms with Crippen LogP contribution in [-0.4, -0.2) is 13.1 Å². The van der Waals surface area contributed by atoms with Crippen LogP contribution in [0.1, 0.15) is 29.2 Å². The second-order valence-electron chi connectivity index (χ2n) is 5.76. The smallest absolute Gasteiger partial charge is 0.416 e. The Morgan fingerprint density at radius 1 is 1.19 bits per heavy atom. The number of carbonyl (C=O) groups excluding carboxylic acids is 1. The molecule has 0 atom stereocenters. The fraction of sp³-hybridized carbons (Fsp3) is 0.316. The number of nitrogens with two attached hydrogens (primary N) is 1.